The molecule has 1 aliphatic heterocycles. The van der Waals surface area contributed by atoms with Gasteiger partial charge in [0.1, 0.15) is 6.35 Å². The third kappa shape index (κ3) is 2.91. The van der Waals surface area contributed by atoms with E-state index in [-0.39, 0.29) is 0 Å². The van der Waals surface area contributed by atoms with E-state index in [2.05, 4.69) is 13.5 Å². The Bertz CT molecular complexity index is 371. The van der Waals surface area contributed by atoms with E-state index in [0.29, 0.717) is 6.66 Å². The second-order valence-corrected chi connectivity index (χ2v) is 8.56. The zero-order valence-electron chi connectivity index (χ0n) is 6.35. The average Bonchev–Trinajstić information content (AvgIpc) is 1.79. The molecule has 4 nitrogen and oxygen atoms in total. The summed E-state index contributed by atoms with van der Waals surface area (Å²) in [5.41, 5.74) is 0. The maximum Gasteiger partial charge on any atom is 0.421 e. The highest BCUT2D eigenvalue weighted by molar-refractivity contribution is 7.80. The molecule has 1 rings (SSSR count). The highest BCUT2D eigenvalue weighted by Crippen LogP contribution is 2.79. The summed E-state index contributed by atoms with van der Waals surface area (Å²) in [5, 5.41) is 8.40. The van der Waals surface area contributed by atoms with Gasteiger partial charge in [-0.2, -0.15) is 21.9 Å². The predicted octanol–water partition coefficient (Wildman–Crippen LogP) is 4.47. The molecule has 1 aliphatic rings. The highest BCUT2D eigenvalue weighted by Gasteiger charge is 2.35. The van der Waals surface area contributed by atoms with Gasteiger partial charge in [0.15, 0.2) is 0 Å². The van der Waals surface area contributed by atoms with E-state index in [1.165, 1.54) is 0 Å². The van der Waals surface area contributed by atoms with Crippen molar-refractivity contribution < 1.29 is 21.9 Å². The van der Waals surface area contributed by atoms with Crippen LogP contribution in [0.3, 0.4) is 0 Å². The van der Waals surface area contributed by atoms with Gasteiger partial charge < -0.3 is 5.11 Å². The minimum absolute atomic E-state index is 0.708. The van der Waals surface area contributed by atoms with Crippen molar-refractivity contribution in [3.63, 3.8) is 0 Å². The molecule has 78 valence electrons. The van der Waals surface area contributed by atoms with Crippen LogP contribution in [0.1, 0.15) is 0 Å². The summed E-state index contributed by atoms with van der Waals surface area (Å²) in [7, 11) is -13.8. The first-order valence-corrected chi connectivity index (χ1v) is 8.23. The Morgan fingerprint density at radius 1 is 1.08 bits per heavy atom. The Kier molecular flexibility index (Phi) is 2.81. The van der Waals surface area contributed by atoms with Crippen LogP contribution in [0.15, 0.2) is 13.5 Å². The number of halogens is 4. The van der Waals surface area contributed by atoms with Crippen LogP contribution in [0.2, 0.25) is 0 Å². The predicted molar refractivity (Wildman–Crippen MR) is 45.5 cm³/mol. The normalized spacial score (nSPS) is 42.9. The molecule has 0 saturated heterocycles. The second-order valence-electron chi connectivity index (χ2n) is 2.32. The number of hydrogen-bond donors (Lipinski definition) is 1. The first-order valence-electron chi connectivity index (χ1n) is 2.96. The van der Waals surface area contributed by atoms with Gasteiger partial charge in [0.2, 0.25) is 7.52 Å². The van der Waals surface area contributed by atoms with Crippen LogP contribution in [-0.4, -0.2) is 18.1 Å². The minimum atomic E-state index is -5.25. The van der Waals surface area contributed by atoms with Crippen molar-refractivity contribution in [3.05, 3.63) is 0 Å². The summed E-state index contributed by atoms with van der Waals surface area (Å²) < 4.78 is 58.9. The Balaban J connectivity index is 3.44. The van der Waals surface area contributed by atoms with Crippen LogP contribution >= 0.6 is 22.9 Å². The van der Waals surface area contributed by atoms with E-state index >= 15 is 0 Å². The summed E-state index contributed by atoms with van der Waals surface area (Å²) in [6, 6.07) is 0. The van der Waals surface area contributed by atoms with Crippen LogP contribution in [0.25, 0.3) is 0 Å². The highest BCUT2D eigenvalue weighted by atomic mass is 31.3. The lowest BCUT2D eigenvalue weighted by Gasteiger charge is -2.16. The van der Waals surface area contributed by atoms with Gasteiger partial charge in [0.25, 0.3) is 7.52 Å². The lowest BCUT2D eigenvalue weighted by molar-refractivity contribution is 0.362. The summed E-state index contributed by atoms with van der Waals surface area (Å²) in [6.07, 6.45) is -1.28. The van der Waals surface area contributed by atoms with Crippen molar-refractivity contribution in [3.8, 4) is 0 Å². The standard InChI is InChI=1S/C2H6F4N3OP3/c1-11(3)7-12(4,2-10)9-13(5,6)8-11/h10H,2H2,1H3. The number of rotatable bonds is 1. The molecule has 0 saturated carbocycles. The van der Waals surface area contributed by atoms with Crippen molar-refractivity contribution in [2.75, 3.05) is 13.0 Å². The molecule has 11 heteroatoms. The van der Waals surface area contributed by atoms with Crippen LogP contribution < -0.4 is 0 Å². The molecular formula is C2H6F4N3OP3. The fraction of sp³-hybridized carbons (Fsp3) is 1.00. The lowest BCUT2D eigenvalue weighted by Crippen LogP contribution is -1.81. The van der Waals surface area contributed by atoms with E-state index in [9.17, 15) is 16.8 Å². The van der Waals surface area contributed by atoms with E-state index in [1.54, 1.807) is 0 Å². The summed E-state index contributed by atoms with van der Waals surface area (Å²) in [5.74, 6) is 0. The van der Waals surface area contributed by atoms with Gasteiger partial charge in [-0.3, -0.25) is 0 Å². The van der Waals surface area contributed by atoms with Crippen LogP contribution in [0.4, 0.5) is 16.8 Å². The number of aliphatic hydroxyl groups is 1. The summed E-state index contributed by atoms with van der Waals surface area (Å²) >= 11 is 0. The fourth-order valence-corrected chi connectivity index (χ4v) is 7.46. The maximum atomic E-state index is 13.1. The largest absolute Gasteiger partial charge is 0.421 e. The van der Waals surface area contributed by atoms with Gasteiger partial charge in [-0.05, 0) is 0 Å². The van der Waals surface area contributed by atoms with Crippen LogP contribution in [0, 0.1) is 0 Å². The molecule has 0 amide bonds. The summed E-state index contributed by atoms with van der Waals surface area (Å²) in [6.45, 7) is 0.708. The zero-order chi connectivity index (χ0) is 10.3. The van der Waals surface area contributed by atoms with Gasteiger partial charge in [-0.1, -0.05) is 0 Å². The molecule has 2 unspecified atom stereocenters. The van der Waals surface area contributed by atoms with Crippen molar-refractivity contribution in [2.45, 2.75) is 0 Å². The van der Waals surface area contributed by atoms with Crippen molar-refractivity contribution in [2.24, 2.45) is 13.5 Å². The number of aliphatic hydroxyl groups excluding tert-OH is 1. The molecule has 0 bridgehead atoms. The molecule has 0 aliphatic carbocycles. The first-order chi connectivity index (χ1) is 5.68. The third-order valence-corrected chi connectivity index (χ3v) is 7.88. The second kappa shape index (κ2) is 3.20. The molecule has 0 radical (unpaired) electrons. The molecule has 0 aromatic rings. The quantitative estimate of drug-likeness (QED) is 0.546. The molecule has 13 heavy (non-hydrogen) atoms. The van der Waals surface area contributed by atoms with Gasteiger partial charge in [0, 0.05) is 6.66 Å². The van der Waals surface area contributed by atoms with Gasteiger partial charge in [0.05, 0.1) is 0 Å². The summed E-state index contributed by atoms with van der Waals surface area (Å²) in [4.78, 5) is 0. The molecular weight excluding hydrogens is 251 g/mol. The topological polar surface area (TPSA) is 57.3 Å². The van der Waals surface area contributed by atoms with Gasteiger partial charge in [-0.15, -0.1) is 8.39 Å². The van der Waals surface area contributed by atoms with E-state index in [1.807, 2.05) is 0 Å². The fourth-order valence-electron chi connectivity index (χ4n) is 0.722. The number of hydrogen-bond acceptors (Lipinski definition) is 4. The van der Waals surface area contributed by atoms with Gasteiger partial charge >= 0.3 is 7.83 Å². The Hall–Kier alpha value is 0.370. The molecule has 0 aromatic carbocycles. The van der Waals surface area contributed by atoms with E-state index in [4.69, 9.17) is 5.11 Å². The molecule has 1 heterocycles. The lowest BCUT2D eigenvalue weighted by atomic mass is 11.7. The number of nitrogens with zero attached hydrogens (tertiary/aromatic N) is 3. The molecule has 1 N–H and O–H groups in total. The van der Waals surface area contributed by atoms with Crippen LogP contribution in [0.5, 0.6) is 0 Å². The monoisotopic (exact) mass is 257 g/mol. The third-order valence-electron chi connectivity index (χ3n) is 0.996. The molecule has 2 atom stereocenters. The van der Waals surface area contributed by atoms with Crippen LogP contribution in [-0.2, 0) is 0 Å². The smallest absolute Gasteiger partial charge is 0.386 e. The average molecular weight is 257 g/mol. The molecule has 0 aromatic heterocycles. The van der Waals surface area contributed by atoms with Gasteiger partial charge in [-0.25, -0.2) is 0 Å². The van der Waals surface area contributed by atoms with E-state index < -0.39 is 29.2 Å². The Morgan fingerprint density at radius 3 is 2.00 bits per heavy atom. The van der Waals surface area contributed by atoms with Crippen molar-refractivity contribution >= 4 is 22.9 Å². The maximum absolute atomic E-state index is 13.1. The van der Waals surface area contributed by atoms with Crippen molar-refractivity contribution in [1.82, 2.24) is 0 Å². The van der Waals surface area contributed by atoms with E-state index in [0.717, 1.165) is 0 Å². The molecule has 0 spiro atoms. The molecule has 0 fully saturated rings. The first kappa shape index (κ1) is 11.4. The zero-order valence-corrected chi connectivity index (χ0v) is 9.03. The van der Waals surface area contributed by atoms with Crippen molar-refractivity contribution in [1.29, 1.82) is 0 Å². The SMILES string of the molecule is CP1(F)=NP(F)(F)=NP(F)(CO)=N1. The Morgan fingerprint density at radius 2 is 1.62 bits per heavy atom. The Labute approximate surface area is 72.2 Å². The minimum Gasteiger partial charge on any atom is -0.386 e.